The van der Waals surface area contributed by atoms with Crippen molar-refractivity contribution in [3.63, 3.8) is 0 Å². The standard InChI is InChI=1S/C16H18ClNO3/c1-10(18)11-4-5-16(15(17)6-11)21-14-8-12(19-2)7-13(9-14)20-3/h4-10H,18H2,1-3H3/t10-/m0/s1. The van der Waals surface area contributed by atoms with Crippen LogP contribution >= 0.6 is 11.6 Å². The Morgan fingerprint density at radius 1 is 0.952 bits per heavy atom. The number of benzene rings is 2. The van der Waals surface area contributed by atoms with Crippen molar-refractivity contribution in [3.05, 3.63) is 47.0 Å². The van der Waals surface area contributed by atoms with Crippen LogP contribution in [0.3, 0.4) is 0 Å². The normalized spacial score (nSPS) is 11.9. The molecule has 0 aliphatic rings. The van der Waals surface area contributed by atoms with Crippen molar-refractivity contribution in [1.82, 2.24) is 0 Å². The third-order valence-corrected chi connectivity index (χ3v) is 3.33. The van der Waals surface area contributed by atoms with Gasteiger partial charge in [-0.05, 0) is 24.6 Å². The van der Waals surface area contributed by atoms with E-state index in [0.29, 0.717) is 28.0 Å². The second kappa shape index (κ2) is 6.70. The molecule has 2 N–H and O–H groups in total. The fourth-order valence-corrected chi connectivity index (χ4v) is 2.08. The number of nitrogens with two attached hydrogens (primary N) is 1. The molecule has 5 heteroatoms. The van der Waals surface area contributed by atoms with Crippen LogP contribution in [-0.2, 0) is 0 Å². The number of methoxy groups -OCH3 is 2. The Bertz CT molecular complexity index is 607. The summed E-state index contributed by atoms with van der Waals surface area (Å²) in [5, 5.41) is 0.506. The first kappa shape index (κ1) is 15.5. The first-order chi connectivity index (χ1) is 10.0. The molecular formula is C16H18ClNO3. The van der Waals surface area contributed by atoms with Gasteiger partial charge < -0.3 is 19.9 Å². The van der Waals surface area contributed by atoms with E-state index in [4.69, 9.17) is 31.5 Å². The molecule has 4 nitrogen and oxygen atoms in total. The maximum absolute atomic E-state index is 6.23. The molecule has 0 fully saturated rings. The van der Waals surface area contributed by atoms with Crippen LogP contribution < -0.4 is 19.9 Å². The van der Waals surface area contributed by atoms with Crippen LogP contribution in [0.4, 0.5) is 0 Å². The zero-order valence-electron chi connectivity index (χ0n) is 12.2. The summed E-state index contributed by atoms with van der Waals surface area (Å²) in [6.45, 7) is 1.90. The lowest BCUT2D eigenvalue weighted by molar-refractivity contribution is 0.386. The van der Waals surface area contributed by atoms with Crippen molar-refractivity contribution in [1.29, 1.82) is 0 Å². The molecule has 0 amide bonds. The van der Waals surface area contributed by atoms with Gasteiger partial charge in [0.1, 0.15) is 23.0 Å². The van der Waals surface area contributed by atoms with Gasteiger partial charge in [-0.3, -0.25) is 0 Å². The number of ether oxygens (including phenoxy) is 3. The van der Waals surface area contributed by atoms with Crippen LogP contribution in [0.5, 0.6) is 23.0 Å². The fourth-order valence-electron chi connectivity index (χ4n) is 1.85. The van der Waals surface area contributed by atoms with E-state index in [1.807, 2.05) is 13.0 Å². The third-order valence-electron chi connectivity index (χ3n) is 3.03. The van der Waals surface area contributed by atoms with Gasteiger partial charge in [-0.2, -0.15) is 0 Å². The van der Waals surface area contributed by atoms with Crippen LogP contribution in [-0.4, -0.2) is 14.2 Å². The number of rotatable bonds is 5. The first-order valence-corrected chi connectivity index (χ1v) is 6.87. The largest absolute Gasteiger partial charge is 0.496 e. The summed E-state index contributed by atoms with van der Waals surface area (Å²) >= 11 is 6.23. The monoisotopic (exact) mass is 307 g/mol. The van der Waals surface area contributed by atoms with Gasteiger partial charge in [-0.15, -0.1) is 0 Å². The second-order valence-corrected chi connectivity index (χ2v) is 5.04. The Labute approximate surface area is 129 Å². The van der Waals surface area contributed by atoms with Crippen LogP contribution in [0.15, 0.2) is 36.4 Å². The van der Waals surface area contributed by atoms with Gasteiger partial charge in [0.25, 0.3) is 0 Å². The highest BCUT2D eigenvalue weighted by Gasteiger charge is 2.09. The Kier molecular flexibility index (Phi) is 4.94. The highest BCUT2D eigenvalue weighted by molar-refractivity contribution is 6.32. The zero-order valence-corrected chi connectivity index (χ0v) is 13.0. The summed E-state index contributed by atoms with van der Waals surface area (Å²) in [6, 6.07) is 10.7. The Hall–Kier alpha value is -1.91. The first-order valence-electron chi connectivity index (χ1n) is 6.49. The van der Waals surface area contributed by atoms with Crippen molar-refractivity contribution in [2.75, 3.05) is 14.2 Å². The van der Waals surface area contributed by atoms with E-state index in [1.54, 1.807) is 44.6 Å². The summed E-state index contributed by atoms with van der Waals surface area (Å²) < 4.78 is 16.2. The number of hydrogen-bond acceptors (Lipinski definition) is 4. The minimum absolute atomic E-state index is 0.0755. The highest BCUT2D eigenvalue weighted by atomic mass is 35.5. The summed E-state index contributed by atoms with van der Waals surface area (Å²) in [7, 11) is 3.17. The van der Waals surface area contributed by atoms with E-state index >= 15 is 0 Å². The summed E-state index contributed by atoms with van der Waals surface area (Å²) in [5.74, 6) is 2.43. The lowest BCUT2D eigenvalue weighted by Gasteiger charge is -2.12. The Morgan fingerprint density at radius 3 is 2.00 bits per heavy atom. The molecule has 21 heavy (non-hydrogen) atoms. The van der Waals surface area contributed by atoms with Crippen molar-refractivity contribution >= 4 is 11.6 Å². The molecule has 2 rings (SSSR count). The lowest BCUT2D eigenvalue weighted by Crippen LogP contribution is -2.04. The zero-order chi connectivity index (χ0) is 15.4. The van der Waals surface area contributed by atoms with Crippen molar-refractivity contribution < 1.29 is 14.2 Å². The number of hydrogen-bond donors (Lipinski definition) is 1. The van der Waals surface area contributed by atoms with Crippen LogP contribution in [0, 0.1) is 0 Å². The smallest absolute Gasteiger partial charge is 0.146 e. The second-order valence-electron chi connectivity index (χ2n) is 4.63. The van der Waals surface area contributed by atoms with E-state index in [0.717, 1.165) is 5.56 Å². The molecular weight excluding hydrogens is 290 g/mol. The molecule has 0 spiro atoms. The summed E-state index contributed by atoms with van der Waals surface area (Å²) in [5.41, 5.74) is 6.78. The molecule has 0 aromatic heterocycles. The molecule has 2 aromatic rings. The Morgan fingerprint density at radius 2 is 1.52 bits per heavy atom. The van der Waals surface area contributed by atoms with Crippen LogP contribution in [0.1, 0.15) is 18.5 Å². The molecule has 0 aliphatic carbocycles. The molecule has 2 aromatic carbocycles. The SMILES string of the molecule is COc1cc(OC)cc(Oc2ccc([C@H](C)N)cc2Cl)c1. The van der Waals surface area contributed by atoms with E-state index < -0.39 is 0 Å². The average molecular weight is 308 g/mol. The van der Waals surface area contributed by atoms with Gasteiger partial charge in [0.2, 0.25) is 0 Å². The summed E-state index contributed by atoms with van der Waals surface area (Å²) in [4.78, 5) is 0. The van der Waals surface area contributed by atoms with Gasteiger partial charge in [0.05, 0.1) is 19.2 Å². The lowest BCUT2D eigenvalue weighted by atomic mass is 10.1. The minimum atomic E-state index is -0.0755. The maximum Gasteiger partial charge on any atom is 0.146 e. The maximum atomic E-state index is 6.23. The topological polar surface area (TPSA) is 53.7 Å². The molecule has 0 unspecified atom stereocenters. The highest BCUT2D eigenvalue weighted by Crippen LogP contribution is 2.34. The van der Waals surface area contributed by atoms with Crippen molar-refractivity contribution in [2.24, 2.45) is 5.73 Å². The van der Waals surface area contributed by atoms with Crippen LogP contribution in [0.25, 0.3) is 0 Å². The average Bonchev–Trinajstić information content (AvgIpc) is 2.48. The molecule has 0 radical (unpaired) electrons. The van der Waals surface area contributed by atoms with Gasteiger partial charge in [-0.25, -0.2) is 0 Å². The van der Waals surface area contributed by atoms with Gasteiger partial charge in [0, 0.05) is 24.2 Å². The van der Waals surface area contributed by atoms with Gasteiger partial charge in [-0.1, -0.05) is 17.7 Å². The Balaban J connectivity index is 2.29. The fraction of sp³-hybridized carbons (Fsp3) is 0.250. The predicted molar refractivity (Wildman–Crippen MR) is 83.7 cm³/mol. The van der Waals surface area contributed by atoms with Crippen molar-refractivity contribution in [2.45, 2.75) is 13.0 Å². The minimum Gasteiger partial charge on any atom is -0.496 e. The van der Waals surface area contributed by atoms with E-state index in [2.05, 4.69) is 0 Å². The van der Waals surface area contributed by atoms with Gasteiger partial charge in [0.15, 0.2) is 0 Å². The molecule has 0 aliphatic heterocycles. The molecule has 112 valence electrons. The molecule has 0 heterocycles. The molecule has 0 saturated carbocycles. The molecule has 1 atom stereocenters. The number of halogens is 1. The van der Waals surface area contributed by atoms with Crippen LogP contribution in [0.2, 0.25) is 5.02 Å². The van der Waals surface area contributed by atoms with Crippen molar-refractivity contribution in [3.8, 4) is 23.0 Å². The van der Waals surface area contributed by atoms with Gasteiger partial charge >= 0.3 is 0 Å². The third kappa shape index (κ3) is 3.80. The van der Waals surface area contributed by atoms with E-state index in [1.165, 1.54) is 0 Å². The molecule has 0 bridgehead atoms. The summed E-state index contributed by atoms with van der Waals surface area (Å²) in [6.07, 6.45) is 0. The predicted octanol–water partition coefficient (Wildman–Crippen LogP) is 4.17. The molecule has 0 saturated heterocycles. The van der Waals surface area contributed by atoms with E-state index in [-0.39, 0.29) is 6.04 Å². The quantitative estimate of drug-likeness (QED) is 0.900. The van der Waals surface area contributed by atoms with E-state index in [9.17, 15) is 0 Å².